The topological polar surface area (TPSA) is 183 Å². The average molecular weight is 384 g/mol. The van der Waals surface area contributed by atoms with Gasteiger partial charge < -0.3 is 10.8 Å². The summed E-state index contributed by atoms with van der Waals surface area (Å²) >= 11 is 0. The van der Waals surface area contributed by atoms with E-state index in [1.807, 2.05) is 0 Å². The Bertz CT molecular complexity index is 900. The number of nitrogens with two attached hydrogens (primary N) is 1. The average Bonchev–Trinajstić information content (AvgIpc) is 2.34. The van der Waals surface area contributed by atoms with Crippen LogP contribution in [0.25, 0.3) is 0 Å². The van der Waals surface area contributed by atoms with Crippen LogP contribution < -0.4 is 11.3 Å². The molecule has 0 saturated heterocycles. The number of hydrogen-bond donors (Lipinski definition) is 3. The molecule has 4 N–H and O–H groups in total. The predicted octanol–water partition coefficient (Wildman–Crippen LogP) is -1.80. The molecule has 0 fully saturated rings. The highest BCUT2D eigenvalue weighted by Crippen LogP contribution is 2.18. The standard InChI is InChI=1S/C11H16N2O9S2/c1-7-6-8(14)13(11(16)9(7)10(12)15)2-4-23(17,18)5-3-22-24(19,20)21/h6,16H,2-5H2,1H3,(H2,12,15)(H,19,20,21). The fourth-order valence-electron chi connectivity index (χ4n) is 1.87. The van der Waals surface area contributed by atoms with Gasteiger partial charge in [-0.2, -0.15) is 8.42 Å². The van der Waals surface area contributed by atoms with E-state index in [1.165, 1.54) is 6.92 Å². The van der Waals surface area contributed by atoms with Gasteiger partial charge in [0.2, 0.25) is 5.88 Å². The molecule has 1 heterocycles. The van der Waals surface area contributed by atoms with Crippen LogP contribution in [0.3, 0.4) is 0 Å². The van der Waals surface area contributed by atoms with E-state index >= 15 is 0 Å². The van der Waals surface area contributed by atoms with Crippen molar-refractivity contribution in [3.05, 3.63) is 27.5 Å². The first-order valence-electron chi connectivity index (χ1n) is 6.39. The minimum atomic E-state index is -4.76. The summed E-state index contributed by atoms with van der Waals surface area (Å²) in [5, 5.41) is 9.93. The van der Waals surface area contributed by atoms with Crippen LogP contribution in [-0.4, -0.2) is 55.1 Å². The van der Waals surface area contributed by atoms with E-state index < -0.39 is 62.2 Å². The van der Waals surface area contributed by atoms with Crippen LogP contribution in [0.4, 0.5) is 0 Å². The molecule has 136 valence electrons. The fraction of sp³-hybridized carbons (Fsp3) is 0.455. The monoisotopic (exact) mass is 384 g/mol. The maximum absolute atomic E-state index is 11.8. The smallest absolute Gasteiger partial charge is 0.397 e. The first kappa shape index (κ1) is 20.1. The molecule has 13 heteroatoms. The molecule has 0 saturated carbocycles. The largest absolute Gasteiger partial charge is 0.494 e. The Balaban J connectivity index is 2.93. The Kier molecular flexibility index (Phi) is 6.10. The van der Waals surface area contributed by atoms with Crippen molar-refractivity contribution in [2.75, 3.05) is 18.1 Å². The molecule has 1 aromatic heterocycles. The first-order valence-corrected chi connectivity index (χ1v) is 9.58. The number of pyridine rings is 1. The van der Waals surface area contributed by atoms with Gasteiger partial charge in [-0.15, -0.1) is 0 Å². The molecule has 0 atom stereocenters. The molecule has 24 heavy (non-hydrogen) atoms. The summed E-state index contributed by atoms with van der Waals surface area (Å²) in [7, 11) is -8.62. The number of rotatable bonds is 8. The van der Waals surface area contributed by atoms with Gasteiger partial charge in [-0.3, -0.25) is 18.7 Å². The van der Waals surface area contributed by atoms with E-state index in [9.17, 15) is 31.5 Å². The molecular formula is C11H16N2O9S2. The van der Waals surface area contributed by atoms with Crippen molar-refractivity contribution in [3.8, 4) is 5.88 Å². The summed E-state index contributed by atoms with van der Waals surface area (Å²) in [4.78, 5) is 23.1. The Hall–Kier alpha value is -1.96. The number of aromatic hydroxyl groups is 1. The van der Waals surface area contributed by atoms with Gasteiger partial charge >= 0.3 is 10.4 Å². The van der Waals surface area contributed by atoms with E-state index in [2.05, 4.69) is 4.18 Å². The van der Waals surface area contributed by atoms with Crippen molar-refractivity contribution in [2.24, 2.45) is 5.73 Å². The van der Waals surface area contributed by atoms with Gasteiger partial charge in [-0.05, 0) is 12.5 Å². The molecule has 0 bridgehead atoms. The predicted molar refractivity (Wildman–Crippen MR) is 81.8 cm³/mol. The molecule has 1 rings (SSSR count). The maximum atomic E-state index is 11.8. The zero-order chi connectivity index (χ0) is 18.7. The van der Waals surface area contributed by atoms with Crippen molar-refractivity contribution in [1.82, 2.24) is 4.57 Å². The quantitative estimate of drug-likeness (QED) is 0.435. The van der Waals surface area contributed by atoms with E-state index in [4.69, 9.17) is 10.3 Å². The van der Waals surface area contributed by atoms with Crippen LogP contribution in [0.15, 0.2) is 10.9 Å². The van der Waals surface area contributed by atoms with Crippen molar-refractivity contribution < 1.29 is 35.5 Å². The summed E-state index contributed by atoms with van der Waals surface area (Å²) in [6.45, 7) is 0.0941. The maximum Gasteiger partial charge on any atom is 0.397 e. The van der Waals surface area contributed by atoms with Crippen LogP contribution in [0.5, 0.6) is 5.88 Å². The molecule has 1 amide bonds. The van der Waals surface area contributed by atoms with Gasteiger partial charge in [0.05, 0.1) is 18.1 Å². The van der Waals surface area contributed by atoms with E-state index in [0.29, 0.717) is 4.57 Å². The van der Waals surface area contributed by atoms with Crippen molar-refractivity contribution in [2.45, 2.75) is 13.5 Å². The van der Waals surface area contributed by atoms with Gasteiger partial charge in [-0.1, -0.05) is 0 Å². The van der Waals surface area contributed by atoms with Gasteiger partial charge in [0.15, 0.2) is 9.84 Å². The number of aryl methyl sites for hydroxylation is 1. The van der Waals surface area contributed by atoms with Crippen LogP contribution in [-0.2, 0) is 31.0 Å². The summed E-state index contributed by atoms with van der Waals surface area (Å²) in [6.07, 6.45) is 0. The fourth-order valence-corrected chi connectivity index (χ4v) is 3.27. The normalized spacial score (nSPS) is 12.2. The third kappa shape index (κ3) is 5.59. The molecule has 1 aromatic rings. The number of aromatic nitrogens is 1. The lowest BCUT2D eigenvalue weighted by Gasteiger charge is -2.12. The highest BCUT2D eigenvalue weighted by molar-refractivity contribution is 7.91. The van der Waals surface area contributed by atoms with Crippen molar-refractivity contribution in [3.63, 3.8) is 0 Å². The Labute approximate surface area is 137 Å². The summed E-state index contributed by atoms with van der Waals surface area (Å²) in [6, 6.07) is 1.02. The second-order valence-corrected chi connectivity index (χ2v) is 8.18. The van der Waals surface area contributed by atoms with Crippen molar-refractivity contribution in [1.29, 1.82) is 0 Å². The van der Waals surface area contributed by atoms with Crippen LogP contribution in [0.1, 0.15) is 15.9 Å². The SMILES string of the molecule is Cc1cc(=O)n(CCS(=O)(=O)CCOS(=O)(=O)O)c(O)c1C(N)=O. The summed E-state index contributed by atoms with van der Waals surface area (Å²) in [5.41, 5.74) is 4.20. The minimum Gasteiger partial charge on any atom is -0.494 e. The first-order chi connectivity index (χ1) is 10.8. The summed E-state index contributed by atoms with van der Waals surface area (Å²) in [5.74, 6) is -3.12. The van der Waals surface area contributed by atoms with Crippen LogP contribution in [0.2, 0.25) is 0 Å². The molecule has 0 aliphatic heterocycles. The lowest BCUT2D eigenvalue weighted by Crippen LogP contribution is -2.28. The summed E-state index contributed by atoms with van der Waals surface area (Å²) < 4.78 is 57.1. The molecule has 0 unspecified atom stereocenters. The van der Waals surface area contributed by atoms with Gasteiger partial charge in [-0.25, -0.2) is 12.6 Å². The number of carbonyl (C=O) groups excluding carboxylic acids is 1. The second kappa shape index (κ2) is 7.29. The molecular weight excluding hydrogens is 368 g/mol. The Morgan fingerprint density at radius 3 is 2.38 bits per heavy atom. The molecule has 0 aliphatic carbocycles. The second-order valence-electron chi connectivity index (χ2n) is 4.78. The van der Waals surface area contributed by atoms with Gasteiger partial charge in [0.25, 0.3) is 11.5 Å². The van der Waals surface area contributed by atoms with Gasteiger partial charge in [0, 0.05) is 12.6 Å². The third-order valence-corrected chi connectivity index (χ3v) is 5.04. The van der Waals surface area contributed by atoms with E-state index in [1.54, 1.807) is 0 Å². The Morgan fingerprint density at radius 2 is 1.88 bits per heavy atom. The zero-order valence-electron chi connectivity index (χ0n) is 12.5. The highest BCUT2D eigenvalue weighted by atomic mass is 32.3. The minimum absolute atomic E-state index is 0.144. The number of amides is 1. The third-order valence-electron chi connectivity index (χ3n) is 2.98. The van der Waals surface area contributed by atoms with Crippen molar-refractivity contribution >= 4 is 26.1 Å². The molecule has 0 aliphatic rings. The zero-order valence-corrected chi connectivity index (χ0v) is 14.1. The number of hydrogen-bond acceptors (Lipinski definition) is 8. The lowest BCUT2D eigenvalue weighted by atomic mass is 10.1. The van der Waals surface area contributed by atoms with E-state index in [0.717, 1.165) is 6.07 Å². The van der Waals surface area contributed by atoms with Crippen LogP contribution >= 0.6 is 0 Å². The number of nitrogens with zero attached hydrogens (tertiary/aromatic N) is 1. The molecule has 0 aromatic carbocycles. The molecule has 0 spiro atoms. The highest BCUT2D eigenvalue weighted by Gasteiger charge is 2.19. The number of primary amides is 1. The van der Waals surface area contributed by atoms with E-state index in [-0.39, 0.29) is 11.1 Å². The van der Waals surface area contributed by atoms with Gasteiger partial charge in [0.1, 0.15) is 5.56 Å². The molecule has 11 nitrogen and oxygen atoms in total. The Morgan fingerprint density at radius 1 is 1.29 bits per heavy atom. The molecule has 0 radical (unpaired) electrons. The van der Waals surface area contributed by atoms with Crippen LogP contribution in [0, 0.1) is 6.92 Å². The number of carbonyl (C=O) groups is 1. The lowest BCUT2D eigenvalue weighted by molar-refractivity contribution is 0.0995. The number of sulfone groups is 1.